The second kappa shape index (κ2) is 4.18. The fourth-order valence-electron chi connectivity index (χ4n) is 1.75. The number of nitrogens with two attached hydrogens (primary N) is 1. The molecule has 5 nitrogen and oxygen atoms in total. The molecule has 0 bridgehead atoms. The number of likely N-dealkylation sites (tertiary alicyclic amines) is 1. The zero-order chi connectivity index (χ0) is 11.6. The van der Waals surface area contributed by atoms with Crippen LogP contribution in [-0.2, 0) is 9.59 Å². The quantitative estimate of drug-likeness (QED) is 0.695. The van der Waals surface area contributed by atoms with Gasteiger partial charge in [0, 0.05) is 25.6 Å². The molecule has 86 valence electrons. The summed E-state index contributed by atoms with van der Waals surface area (Å²) in [6, 6.07) is -0.172. The van der Waals surface area contributed by atoms with Gasteiger partial charge in [-0.3, -0.25) is 9.59 Å². The molecule has 1 saturated heterocycles. The molecule has 0 aromatic carbocycles. The molecule has 0 aromatic rings. The van der Waals surface area contributed by atoms with E-state index in [4.69, 9.17) is 10.8 Å². The van der Waals surface area contributed by atoms with Crippen molar-refractivity contribution < 1.29 is 14.7 Å². The first kappa shape index (κ1) is 12.0. The smallest absolute Gasteiger partial charge is 0.311 e. The van der Waals surface area contributed by atoms with Gasteiger partial charge in [-0.2, -0.15) is 0 Å². The van der Waals surface area contributed by atoms with Gasteiger partial charge < -0.3 is 15.7 Å². The van der Waals surface area contributed by atoms with Crippen LogP contribution in [0.2, 0.25) is 0 Å². The van der Waals surface area contributed by atoms with Gasteiger partial charge in [0.05, 0.1) is 5.41 Å². The number of hydrogen-bond donors (Lipinski definition) is 2. The lowest BCUT2D eigenvalue weighted by Crippen LogP contribution is -2.37. The van der Waals surface area contributed by atoms with Crippen LogP contribution in [0.15, 0.2) is 0 Å². The van der Waals surface area contributed by atoms with Gasteiger partial charge in [0.1, 0.15) is 0 Å². The summed E-state index contributed by atoms with van der Waals surface area (Å²) in [5, 5.41) is 8.99. The largest absolute Gasteiger partial charge is 0.481 e. The van der Waals surface area contributed by atoms with E-state index >= 15 is 0 Å². The van der Waals surface area contributed by atoms with Crippen molar-refractivity contribution >= 4 is 11.9 Å². The molecule has 1 fully saturated rings. The molecule has 2 unspecified atom stereocenters. The van der Waals surface area contributed by atoms with Crippen LogP contribution in [-0.4, -0.2) is 41.0 Å². The Hall–Kier alpha value is -1.10. The number of carboxylic acid groups (broad SMARTS) is 1. The van der Waals surface area contributed by atoms with Crippen LogP contribution in [0.5, 0.6) is 0 Å². The van der Waals surface area contributed by atoms with Gasteiger partial charge >= 0.3 is 5.97 Å². The minimum atomic E-state index is -0.835. The number of aliphatic carboxylic acids is 1. The number of nitrogens with zero attached hydrogens (tertiary/aromatic N) is 1. The first-order valence-corrected chi connectivity index (χ1v) is 5.12. The van der Waals surface area contributed by atoms with Gasteiger partial charge in [-0.05, 0) is 20.3 Å². The van der Waals surface area contributed by atoms with Gasteiger partial charge in [0.15, 0.2) is 0 Å². The van der Waals surface area contributed by atoms with Crippen molar-refractivity contribution in [3.05, 3.63) is 0 Å². The molecule has 1 heterocycles. The van der Waals surface area contributed by atoms with Crippen molar-refractivity contribution in [2.24, 2.45) is 11.1 Å². The first-order chi connectivity index (χ1) is 6.85. The Labute approximate surface area is 89.2 Å². The Kier molecular flexibility index (Phi) is 3.34. The molecule has 1 rings (SSSR count). The van der Waals surface area contributed by atoms with Crippen LogP contribution in [0.4, 0.5) is 0 Å². The SMILES string of the molecule is CC(N)CC(=O)N1CCC(C)(C(=O)O)C1. The summed E-state index contributed by atoms with van der Waals surface area (Å²) < 4.78 is 0. The summed E-state index contributed by atoms with van der Waals surface area (Å²) in [5.74, 6) is -0.881. The Bertz CT molecular complexity index is 278. The van der Waals surface area contributed by atoms with Crippen molar-refractivity contribution in [3.63, 3.8) is 0 Å². The van der Waals surface area contributed by atoms with Crippen LogP contribution in [0.3, 0.4) is 0 Å². The van der Waals surface area contributed by atoms with Crippen molar-refractivity contribution in [1.29, 1.82) is 0 Å². The standard InChI is InChI=1S/C10H18N2O3/c1-7(11)5-8(13)12-4-3-10(2,6-12)9(14)15/h7H,3-6,11H2,1-2H3,(H,14,15). The van der Waals surface area contributed by atoms with Crippen LogP contribution >= 0.6 is 0 Å². The normalized spacial score (nSPS) is 27.8. The molecule has 15 heavy (non-hydrogen) atoms. The van der Waals surface area contributed by atoms with E-state index in [2.05, 4.69) is 0 Å². The Balaban J connectivity index is 2.56. The third kappa shape index (κ3) is 2.68. The molecule has 2 atom stereocenters. The van der Waals surface area contributed by atoms with Gasteiger partial charge in [-0.1, -0.05) is 0 Å². The van der Waals surface area contributed by atoms with E-state index in [1.807, 2.05) is 0 Å². The summed E-state index contributed by atoms with van der Waals surface area (Å²) in [6.07, 6.45) is 0.808. The van der Waals surface area contributed by atoms with E-state index in [1.54, 1.807) is 18.7 Å². The van der Waals surface area contributed by atoms with Crippen molar-refractivity contribution in [1.82, 2.24) is 4.90 Å². The van der Waals surface area contributed by atoms with Crippen LogP contribution in [0.1, 0.15) is 26.7 Å². The fourth-order valence-corrected chi connectivity index (χ4v) is 1.75. The summed E-state index contributed by atoms with van der Waals surface area (Å²) in [6.45, 7) is 4.26. The predicted octanol–water partition coefficient (Wildman–Crippen LogP) is 0.0469. The molecule has 0 saturated carbocycles. The Morgan fingerprint density at radius 3 is 2.60 bits per heavy atom. The highest BCUT2D eigenvalue weighted by Crippen LogP contribution is 2.30. The minimum absolute atomic E-state index is 0.0463. The number of amides is 1. The molecule has 1 aliphatic heterocycles. The Morgan fingerprint density at radius 1 is 1.60 bits per heavy atom. The third-order valence-corrected chi connectivity index (χ3v) is 2.84. The molecule has 0 spiro atoms. The molecular formula is C10H18N2O3. The second-order valence-electron chi connectivity index (χ2n) is 4.61. The lowest BCUT2D eigenvalue weighted by Gasteiger charge is -2.20. The zero-order valence-electron chi connectivity index (χ0n) is 9.19. The number of rotatable bonds is 3. The van der Waals surface area contributed by atoms with E-state index in [-0.39, 0.29) is 18.4 Å². The average molecular weight is 214 g/mol. The van der Waals surface area contributed by atoms with Gasteiger partial charge in [-0.15, -0.1) is 0 Å². The molecule has 1 amide bonds. The van der Waals surface area contributed by atoms with E-state index in [0.717, 1.165) is 0 Å². The predicted molar refractivity (Wildman–Crippen MR) is 55.2 cm³/mol. The van der Waals surface area contributed by atoms with Crippen LogP contribution < -0.4 is 5.73 Å². The maximum absolute atomic E-state index is 11.6. The van der Waals surface area contributed by atoms with E-state index < -0.39 is 11.4 Å². The van der Waals surface area contributed by atoms with E-state index in [0.29, 0.717) is 19.5 Å². The maximum atomic E-state index is 11.6. The summed E-state index contributed by atoms with van der Waals surface area (Å²) in [7, 11) is 0. The van der Waals surface area contributed by atoms with Gasteiger partial charge in [0.2, 0.25) is 5.91 Å². The highest BCUT2D eigenvalue weighted by atomic mass is 16.4. The first-order valence-electron chi connectivity index (χ1n) is 5.12. The molecule has 0 radical (unpaired) electrons. The average Bonchev–Trinajstić information content (AvgIpc) is 2.48. The Morgan fingerprint density at radius 2 is 2.20 bits per heavy atom. The molecular weight excluding hydrogens is 196 g/mol. The van der Waals surface area contributed by atoms with Gasteiger partial charge in [0.25, 0.3) is 0 Å². The van der Waals surface area contributed by atoms with Gasteiger partial charge in [-0.25, -0.2) is 0 Å². The number of hydrogen-bond acceptors (Lipinski definition) is 3. The fraction of sp³-hybridized carbons (Fsp3) is 0.800. The van der Waals surface area contributed by atoms with Crippen LogP contribution in [0.25, 0.3) is 0 Å². The maximum Gasteiger partial charge on any atom is 0.311 e. The lowest BCUT2D eigenvalue weighted by atomic mass is 9.90. The highest BCUT2D eigenvalue weighted by Gasteiger charge is 2.41. The number of carbonyl (C=O) groups is 2. The molecule has 1 aliphatic rings. The monoisotopic (exact) mass is 214 g/mol. The zero-order valence-corrected chi connectivity index (χ0v) is 9.19. The summed E-state index contributed by atoms with van der Waals surface area (Å²) in [5.41, 5.74) is 4.74. The topological polar surface area (TPSA) is 83.6 Å². The van der Waals surface area contributed by atoms with Crippen molar-refractivity contribution in [2.75, 3.05) is 13.1 Å². The number of carboxylic acids is 1. The second-order valence-corrected chi connectivity index (χ2v) is 4.61. The minimum Gasteiger partial charge on any atom is -0.481 e. The molecule has 0 aromatic heterocycles. The summed E-state index contributed by atoms with van der Waals surface area (Å²) >= 11 is 0. The van der Waals surface area contributed by atoms with Crippen molar-refractivity contribution in [3.8, 4) is 0 Å². The van der Waals surface area contributed by atoms with E-state index in [1.165, 1.54) is 0 Å². The highest BCUT2D eigenvalue weighted by molar-refractivity contribution is 5.80. The van der Waals surface area contributed by atoms with E-state index in [9.17, 15) is 9.59 Å². The lowest BCUT2D eigenvalue weighted by molar-refractivity contribution is -0.147. The third-order valence-electron chi connectivity index (χ3n) is 2.84. The van der Waals surface area contributed by atoms with Crippen LogP contribution in [0, 0.1) is 5.41 Å². The molecule has 0 aliphatic carbocycles. The summed E-state index contributed by atoms with van der Waals surface area (Å²) in [4.78, 5) is 24.2. The molecule has 3 N–H and O–H groups in total. The number of carbonyl (C=O) groups excluding carboxylic acids is 1. The van der Waals surface area contributed by atoms with Crippen molar-refractivity contribution in [2.45, 2.75) is 32.7 Å². The molecule has 5 heteroatoms.